The van der Waals surface area contributed by atoms with Crippen LogP contribution in [0.3, 0.4) is 0 Å². The monoisotopic (exact) mass is 299 g/mol. The van der Waals surface area contributed by atoms with Gasteiger partial charge in [-0.1, -0.05) is 23.9 Å². The minimum atomic E-state index is -3.60. The lowest BCUT2D eigenvalue weighted by molar-refractivity contribution is 0.598. The maximum absolute atomic E-state index is 11.1. The van der Waals surface area contributed by atoms with Gasteiger partial charge in [0.05, 0.1) is 4.90 Å². The van der Waals surface area contributed by atoms with Gasteiger partial charge in [-0.15, -0.1) is 0 Å². The summed E-state index contributed by atoms with van der Waals surface area (Å²) in [6.07, 6.45) is 1.97. The molecule has 0 bridgehead atoms. The number of nitrogens with two attached hydrogens (primary N) is 1. The highest BCUT2D eigenvalue weighted by Crippen LogP contribution is 2.11. The summed E-state index contributed by atoms with van der Waals surface area (Å²) in [6, 6.07) is 6.66. The Balaban J connectivity index is 1.85. The van der Waals surface area contributed by atoms with Crippen molar-refractivity contribution in [2.24, 2.45) is 10.1 Å². The van der Waals surface area contributed by atoms with E-state index in [1.165, 1.54) is 12.1 Å². The predicted octanol–water partition coefficient (Wildman–Crippen LogP) is 0.959. The fraction of sp³-hybridized carbons (Fsp3) is 0.417. The molecule has 0 fully saturated rings. The molecular weight excluding hydrogens is 282 g/mol. The smallest absolute Gasteiger partial charge is 0.238 e. The number of sulfonamides is 1. The molecule has 5 nitrogen and oxygen atoms in total. The van der Waals surface area contributed by atoms with Crippen LogP contribution in [0.2, 0.25) is 0 Å². The zero-order chi connectivity index (χ0) is 13.7. The summed E-state index contributed by atoms with van der Waals surface area (Å²) >= 11 is 1.75. The van der Waals surface area contributed by atoms with Crippen LogP contribution in [0.15, 0.2) is 34.2 Å². The molecule has 1 heterocycles. The van der Waals surface area contributed by atoms with Crippen LogP contribution in [-0.4, -0.2) is 32.4 Å². The Bertz CT molecular complexity index is 553. The van der Waals surface area contributed by atoms with E-state index in [1.54, 1.807) is 23.9 Å². The summed E-state index contributed by atoms with van der Waals surface area (Å²) in [5, 5.41) is 9.34. The predicted molar refractivity (Wildman–Crippen MR) is 78.9 cm³/mol. The molecular formula is C12H17N3O2S2. The Hall–Kier alpha value is -1.05. The van der Waals surface area contributed by atoms with Crippen molar-refractivity contribution in [3.8, 4) is 0 Å². The van der Waals surface area contributed by atoms with Gasteiger partial charge >= 0.3 is 0 Å². The molecule has 2 rings (SSSR count). The number of thioether (sulfide) groups is 1. The average molecular weight is 299 g/mol. The second-order valence-electron chi connectivity index (χ2n) is 4.25. The average Bonchev–Trinajstić information content (AvgIpc) is 2.39. The van der Waals surface area contributed by atoms with Gasteiger partial charge in [0, 0.05) is 18.8 Å². The number of primary sulfonamides is 1. The number of hydrogen-bond acceptors (Lipinski definition) is 5. The van der Waals surface area contributed by atoms with Crippen molar-refractivity contribution in [2.45, 2.75) is 17.7 Å². The maximum atomic E-state index is 11.1. The molecule has 3 N–H and O–H groups in total. The number of aliphatic imine (C=N–C) groups is 1. The summed E-state index contributed by atoms with van der Waals surface area (Å²) in [6.45, 7) is 1.69. The standard InChI is InChI=1S/C12H17N3O2S2/c13-19(16,17)11-4-2-10(3-5-11)6-8-15-12-14-7-1-9-18-12/h2-5H,1,6-9H2,(H,14,15)(H2,13,16,17). The highest BCUT2D eigenvalue weighted by molar-refractivity contribution is 8.13. The van der Waals surface area contributed by atoms with Gasteiger partial charge in [0.25, 0.3) is 0 Å². The van der Waals surface area contributed by atoms with Crippen molar-refractivity contribution >= 4 is 27.0 Å². The molecule has 0 unspecified atom stereocenters. The molecule has 0 aromatic heterocycles. The van der Waals surface area contributed by atoms with Gasteiger partial charge in [-0.3, -0.25) is 4.99 Å². The van der Waals surface area contributed by atoms with E-state index in [-0.39, 0.29) is 4.90 Å². The second-order valence-corrected chi connectivity index (χ2v) is 6.90. The topological polar surface area (TPSA) is 84.5 Å². The Morgan fingerprint density at radius 1 is 1.32 bits per heavy atom. The fourth-order valence-corrected chi connectivity index (χ4v) is 3.10. The summed E-state index contributed by atoms with van der Waals surface area (Å²) in [5.74, 6) is 1.12. The van der Waals surface area contributed by atoms with E-state index in [1.807, 2.05) is 0 Å². The molecule has 1 aliphatic heterocycles. The largest absolute Gasteiger partial charge is 0.365 e. The minimum absolute atomic E-state index is 0.149. The summed E-state index contributed by atoms with van der Waals surface area (Å²) in [7, 11) is -3.60. The van der Waals surface area contributed by atoms with E-state index in [2.05, 4.69) is 10.3 Å². The number of nitrogens with one attached hydrogen (secondary N) is 1. The molecule has 0 spiro atoms. The van der Waals surface area contributed by atoms with E-state index in [4.69, 9.17) is 5.14 Å². The third-order valence-corrected chi connectivity index (χ3v) is 4.71. The van der Waals surface area contributed by atoms with E-state index in [0.717, 1.165) is 42.4 Å². The molecule has 7 heteroatoms. The summed E-state index contributed by atoms with van der Waals surface area (Å²) in [4.78, 5) is 4.53. The van der Waals surface area contributed by atoms with E-state index < -0.39 is 10.0 Å². The van der Waals surface area contributed by atoms with Gasteiger partial charge in [0.2, 0.25) is 10.0 Å². The van der Waals surface area contributed by atoms with Crippen LogP contribution >= 0.6 is 11.8 Å². The highest BCUT2D eigenvalue weighted by Gasteiger charge is 2.07. The van der Waals surface area contributed by atoms with E-state index in [9.17, 15) is 8.42 Å². The Labute approximate surface area is 117 Å². The zero-order valence-electron chi connectivity index (χ0n) is 10.5. The number of amidine groups is 1. The van der Waals surface area contributed by atoms with Crippen molar-refractivity contribution < 1.29 is 8.42 Å². The SMILES string of the molecule is NS(=O)(=O)c1ccc(CCNC2=NCCCS2)cc1. The van der Waals surface area contributed by atoms with Crippen LogP contribution in [0.1, 0.15) is 12.0 Å². The molecule has 0 amide bonds. The maximum Gasteiger partial charge on any atom is 0.238 e. The quantitative estimate of drug-likeness (QED) is 0.867. The van der Waals surface area contributed by atoms with Crippen molar-refractivity contribution in [2.75, 3.05) is 18.8 Å². The van der Waals surface area contributed by atoms with Crippen LogP contribution in [0.4, 0.5) is 0 Å². The van der Waals surface area contributed by atoms with Crippen molar-refractivity contribution in [1.29, 1.82) is 0 Å². The van der Waals surface area contributed by atoms with Crippen LogP contribution in [0, 0.1) is 0 Å². The van der Waals surface area contributed by atoms with Gasteiger partial charge in [0.1, 0.15) is 0 Å². The third-order valence-electron chi connectivity index (χ3n) is 2.74. The lowest BCUT2D eigenvalue weighted by Crippen LogP contribution is -2.25. The zero-order valence-corrected chi connectivity index (χ0v) is 12.1. The highest BCUT2D eigenvalue weighted by atomic mass is 32.2. The molecule has 0 saturated heterocycles. The van der Waals surface area contributed by atoms with E-state index in [0.29, 0.717) is 0 Å². The number of benzene rings is 1. The molecule has 1 aliphatic rings. The van der Waals surface area contributed by atoms with Crippen LogP contribution in [0.5, 0.6) is 0 Å². The fourth-order valence-electron chi connectivity index (χ4n) is 1.73. The van der Waals surface area contributed by atoms with Gasteiger partial charge in [-0.2, -0.15) is 0 Å². The van der Waals surface area contributed by atoms with Crippen molar-refractivity contribution in [3.63, 3.8) is 0 Å². The first-order chi connectivity index (χ1) is 9.05. The molecule has 0 aliphatic carbocycles. The molecule has 104 valence electrons. The van der Waals surface area contributed by atoms with Crippen LogP contribution < -0.4 is 10.5 Å². The lowest BCUT2D eigenvalue weighted by atomic mass is 10.1. The van der Waals surface area contributed by atoms with Gasteiger partial charge in [-0.25, -0.2) is 13.6 Å². The van der Waals surface area contributed by atoms with E-state index >= 15 is 0 Å². The third kappa shape index (κ3) is 4.52. The molecule has 19 heavy (non-hydrogen) atoms. The Kier molecular flexibility index (Phi) is 4.84. The van der Waals surface area contributed by atoms with Crippen molar-refractivity contribution in [3.05, 3.63) is 29.8 Å². The summed E-state index contributed by atoms with van der Waals surface area (Å²) in [5.41, 5.74) is 1.07. The second kappa shape index (κ2) is 6.40. The van der Waals surface area contributed by atoms with Gasteiger partial charge in [-0.05, 0) is 30.5 Å². The first-order valence-corrected chi connectivity index (χ1v) is 8.62. The Morgan fingerprint density at radius 3 is 2.63 bits per heavy atom. The van der Waals surface area contributed by atoms with Crippen molar-refractivity contribution in [1.82, 2.24) is 5.32 Å². The first-order valence-electron chi connectivity index (χ1n) is 6.08. The lowest BCUT2D eigenvalue weighted by Gasteiger charge is -2.13. The normalized spacial score (nSPS) is 15.9. The first kappa shape index (κ1) is 14.4. The summed E-state index contributed by atoms with van der Waals surface area (Å²) < 4.78 is 22.2. The molecule has 0 radical (unpaired) electrons. The van der Waals surface area contributed by atoms with Gasteiger partial charge < -0.3 is 5.32 Å². The minimum Gasteiger partial charge on any atom is -0.365 e. The molecule has 1 aromatic carbocycles. The molecule has 0 atom stereocenters. The number of nitrogens with zero attached hydrogens (tertiary/aromatic N) is 1. The number of hydrogen-bond donors (Lipinski definition) is 2. The Morgan fingerprint density at radius 2 is 2.05 bits per heavy atom. The van der Waals surface area contributed by atoms with Crippen LogP contribution in [0.25, 0.3) is 0 Å². The molecule has 0 saturated carbocycles. The van der Waals surface area contributed by atoms with Crippen LogP contribution in [-0.2, 0) is 16.4 Å². The molecule has 1 aromatic rings. The van der Waals surface area contributed by atoms with Gasteiger partial charge in [0.15, 0.2) is 5.17 Å². The number of rotatable bonds is 4.